The number of methoxy groups -OCH3 is 2. The Balaban J connectivity index is 1.81. The minimum Gasteiger partial charge on any atom is -0.493 e. The third kappa shape index (κ3) is 4.51. The predicted octanol–water partition coefficient (Wildman–Crippen LogP) is 2.45. The number of pyridine rings is 1. The highest BCUT2D eigenvalue weighted by Crippen LogP contribution is 2.34. The fraction of sp³-hybridized carbons (Fsp3) is 0.400. The van der Waals surface area contributed by atoms with Gasteiger partial charge in [-0.05, 0) is 43.5 Å². The van der Waals surface area contributed by atoms with Gasteiger partial charge in [0.25, 0.3) is 0 Å². The van der Waals surface area contributed by atoms with Crippen LogP contribution in [0.25, 0.3) is 0 Å². The van der Waals surface area contributed by atoms with Gasteiger partial charge in [0.05, 0.1) is 25.0 Å². The minimum absolute atomic E-state index is 0.120. The highest BCUT2D eigenvalue weighted by Gasteiger charge is 2.34. The van der Waals surface area contributed by atoms with Gasteiger partial charge >= 0.3 is 0 Å². The predicted molar refractivity (Wildman–Crippen MR) is 109 cm³/mol. The number of hydrogen-bond acceptors (Lipinski definition) is 6. The number of nitrogens with one attached hydrogen (secondary N) is 1. The molecule has 29 heavy (non-hydrogen) atoms. The molecule has 1 aromatic carbocycles. The summed E-state index contributed by atoms with van der Waals surface area (Å²) in [6.45, 7) is 2.20. The first-order valence-electron chi connectivity index (χ1n) is 9.31. The molecular formula is C20H25N3O5S. The zero-order valence-electron chi connectivity index (χ0n) is 16.7. The Morgan fingerprint density at radius 1 is 1.21 bits per heavy atom. The molecule has 1 fully saturated rings. The van der Waals surface area contributed by atoms with Crippen LogP contribution in [-0.4, -0.2) is 50.9 Å². The first-order chi connectivity index (χ1) is 13.9. The van der Waals surface area contributed by atoms with E-state index >= 15 is 0 Å². The topological polar surface area (TPSA) is 97.8 Å². The van der Waals surface area contributed by atoms with Crippen molar-refractivity contribution in [3.05, 3.63) is 42.1 Å². The van der Waals surface area contributed by atoms with E-state index in [1.807, 2.05) is 0 Å². The van der Waals surface area contributed by atoms with Crippen molar-refractivity contribution >= 4 is 21.7 Å². The molecule has 1 aliphatic rings. The van der Waals surface area contributed by atoms with E-state index in [4.69, 9.17) is 9.47 Å². The lowest BCUT2D eigenvalue weighted by Crippen LogP contribution is -2.43. The van der Waals surface area contributed by atoms with Crippen LogP contribution in [0.1, 0.15) is 18.4 Å². The van der Waals surface area contributed by atoms with Gasteiger partial charge in [0, 0.05) is 25.4 Å². The number of aromatic nitrogens is 1. The second-order valence-corrected chi connectivity index (χ2v) is 8.79. The van der Waals surface area contributed by atoms with Crippen molar-refractivity contribution in [2.75, 3.05) is 32.6 Å². The van der Waals surface area contributed by atoms with Gasteiger partial charge in [-0.25, -0.2) is 13.4 Å². The van der Waals surface area contributed by atoms with E-state index in [1.54, 1.807) is 37.4 Å². The van der Waals surface area contributed by atoms with Crippen LogP contribution in [0.3, 0.4) is 0 Å². The first-order valence-corrected chi connectivity index (χ1v) is 10.8. The average Bonchev–Trinajstić information content (AvgIpc) is 2.74. The number of rotatable bonds is 6. The fourth-order valence-corrected chi connectivity index (χ4v) is 5.16. The summed E-state index contributed by atoms with van der Waals surface area (Å²) >= 11 is 0. The lowest BCUT2D eigenvalue weighted by molar-refractivity contribution is -0.120. The SMILES string of the molecule is COc1cc(C)c(S(=O)(=O)N2CCC[C@@H](C(=O)Nc3ccccn3)C2)cc1OC. The number of aryl methyl sites for hydroxylation is 1. The molecule has 0 saturated carbocycles. The van der Waals surface area contributed by atoms with Gasteiger partial charge in [0.2, 0.25) is 15.9 Å². The van der Waals surface area contributed by atoms with E-state index in [0.717, 1.165) is 0 Å². The molecule has 8 nitrogen and oxygen atoms in total. The molecule has 2 heterocycles. The number of ether oxygens (including phenoxy) is 2. The highest BCUT2D eigenvalue weighted by molar-refractivity contribution is 7.89. The second kappa shape index (κ2) is 8.79. The summed E-state index contributed by atoms with van der Waals surface area (Å²) in [5.41, 5.74) is 0.558. The molecule has 0 spiro atoms. The number of carbonyl (C=O) groups is 1. The smallest absolute Gasteiger partial charge is 0.243 e. The molecule has 9 heteroatoms. The van der Waals surface area contributed by atoms with Crippen molar-refractivity contribution in [3.63, 3.8) is 0 Å². The molecule has 3 rings (SSSR count). The van der Waals surface area contributed by atoms with Crippen LogP contribution < -0.4 is 14.8 Å². The molecule has 0 aliphatic carbocycles. The molecule has 1 N–H and O–H groups in total. The van der Waals surface area contributed by atoms with Crippen LogP contribution in [0.15, 0.2) is 41.4 Å². The number of sulfonamides is 1. The van der Waals surface area contributed by atoms with Crippen LogP contribution in [-0.2, 0) is 14.8 Å². The quantitative estimate of drug-likeness (QED) is 0.772. The van der Waals surface area contributed by atoms with Gasteiger partial charge in [-0.3, -0.25) is 4.79 Å². The van der Waals surface area contributed by atoms with Gasteiger partial charge in [0.15, 0.2) is 11.5 Å². The summed E-state index contributed by atoms with van der Waals surface area (Å²) in [4.78, 5) is 16.9. The molecular weight excluding hydrogens is 394 g/mol. The zero-order valence-corrected chi connectivity index (χ0v) is 17.5. The first kappa shape index (κ1) is 21.1. The maximum Gasteiger partial charge on any atom is 0.243 e. The summed E-state index contributed by atoms with van der Waals surface area (Å²) in [6.07, 6.45) is 2.81. The Labute approximate surface area is 170 Å². The Hall–Kier alpha value is -2.65. The normalized spacial score (nSPS) is 17.6. The zero-order chi connectivity index (χ0) is 21.0. The second-order valence-electron chi connectivity index (χ2n) is 6.88. The van der Waals surface area contributed by atoms with Crippen molar-refractivity contribution in [1.29, 1.82) is 0 Å². The van der Waals surface area contributed by atoms with E-state index in [-0.39, 0.29) is 17.3 Å². The van der Waals surface area contributed by atoms with Gasteiger partial charge in [0.1, 0.15) is 5.82 Å². The van der Waals surface area contributed by atoms with Gasteiger partial charge in [-0.1, -0.05) is 6.07 Å². The van der Waals surface area contributed by atoms with Crippen molar-refractivity contribution in [1.82, 2.24) is 9.29 Å². The Bertz CT molecular complexity index is 979. The summed E-state index contributed by atoms with van der Waals surface area (Å²) < 4.78 is 38.4. The lowest BCUT2D eigenvalue weighted by Gasteiger charge is -2.31. The molecule has 1 atom stereocenters. The van der Waals surface area contributed by atoms with Crippen molar-refractivity contribution in [2.45, 2.75) is 24.7 Å². The maximum atomic E-state index is 13.3. The fourth-order valence-electron chi connectivity index (χ4n) is 3.42. The standard InChI is InChI=1S/C20H25N3O5S/c1-14-11-16(27-2)17(28-3)12-18(14)29(25,26)23-10-6-7-15(13-23)20(24)22-19-8-4-5-9-21-19/h4-5,8-9,11-12,15H,6-7,10,13H2,1-3H3,(H,21,22,24)/t15-/m1/s1. The number of carbonyl (C=O) groups excluding carboxylic acids is 1. The maximum absolute atomic E-state index is 13.3. The van der Waals surface area contributed by atoms with Crippen molar-refractivity contribution < 1.29 is 22.7 Å². The molecule has 156 valence electrons. The lowest BCUT2D eigenvalue weighted by atomic mass is 9.99. The molecule has 0 bridgehead atoms. The molecule has 0 radical (unpaired) electrons. The summed E-state index contributed by atoms with van der Waals surface area (Å²) in [5.74, 6) is 0.593. The average molecular weight is 420 g/mol. The van der Waals surface area contributed by atoms with Crippen LogP contribution in [0.5, 0.6) is 11.5 Å². The minimum atomic E-state index is -3.79. The van der Waals surface area contributed by atoms with E-state index in [1.165, 1.54) is 24.6 Å². The molecule has 1 aliphatic heterocycles. The number of amides is 1. The largest absolute Gasteiger partial charge is 0.493 e. The Morgan fingerprint density at radius 3 is 2.59 bits per heavy atom. The Morgan fingerprint density at radius 2 is 1.93 bits per heavy atom. The third-order valence-electron chi connectivity index (χ3n) is 4.97. The molecule has 1 amide bonds. The van der Waals surface area contributed by atoms with Crippen LogP contribution in [0.2, 0.25) is 0 Å². The molecule has 1 aromatic heterocycles. The van der Waals surface area contributed by atoms with E-state index in [0.29, 0.717) is 42.3 Å². The van der Waals surface area contributed by atoms with E-state index in [9.17, 15) is 13.2 Å². The van der Waals surface area contributed by atoms with Crippen LogP contribution >= 0.6 is 0 Å². The van der Waals surface area contributed by atoms with E-state index < -0.39 is 15.9 Å². The number of piperidine rings is 1. The summed E-state index contributed by atoms with van der Waals surface area (Å²) in [7, 11) is -0.826. The van der Waals surface area contributed by atoms with Gasteiger partial charge < -0.3 is 14.8 Å². The molecule has 0 unspecified atom stereocenters. The van der Waals surface area contributed by atoms with Gasteiger partial charge in [-0.15, -0.1) is 0 Å². The number of hydrogen-bond donors (Lipinski definition) is 1. The van der Waals surface area contributed by atoms with Crippen molar-refractivity contribution in [3.8, 4) is 11.5 Å². The summed E-state index contributed by atoms with van der Waals surface area (Å²) in [5, 5.41) is 2.76. The number of nitrogens with zero attached hydrogens (tertiary/aromatic N) is 2. The van der Waals surface area contributed by atoms with E-state index in [2.05, 4.69) is 10.3 Å². The molecule has 1 saturated heterocycles. The number of benzene rings is 1. The number of anilines is 1. The molecule has 2 aromatic rings. The van der Waals surface area contributed by atoms with Crippen molar-refractivity contribution in [2.24, 2.45) is 5.92 Å². The van der Waals surface area contributed by atoms with Gasteiger partial charge in [-0.2, -0.15) is 4.31 Å². The Kier molecular flexibility index (Phi) is 6.39. The van der Waals surface area contributed by atoms with Crippen LogP contribution in [0, 0.1) is 12.8 Å². The summed E-state index contributed by atoms with van der Waals surface area (Å²) in [6, 6.07) is 8.35. The monoisotopic (exact) mass is 419 g/mol. The van der Waals surface area contributed by atoms with Crippen LogP contribution in [0.4, 0.5) is 5.82 Å². The highest BCUT2D eigenvalue weighted by atomic mass is 32.2. The third-order valence-corrected chi connectivity index (χ3v) is 6.98.